The van der Waals surface area contributed by atoms with Crippen molar-refractivity contribution in [3.8, 4) is 22.9 Å². The Morgan fingerprint density at radius 2 is 1.57 bits per heavy atom. The fourth-order valence-electron chi connectivity index (χ4n) is 2.42. The van der Waals surface area contributed by atoms with E-state index in [9.17, 15) is 0 Å². The molecule has 0 amide bonds. The molecule has 23 heavy (non-hydrogen) atoms. The average Bonchev–Trinajstić information content (AvgIpc) is 2.99. The van der Waals surface area contributed by atoms with Crippen molar-refractivity contribution in [3.63, 3.8) is 0 Å². The summed E-state index contributed by atoms with van der Waals surface area (Å²) in [7, 11) is 0. The molecule has 0 aliphatic carbocycles. The maximum absolute atomic E-state index is 6.01. The van der Waals surface area contributed by atoms with Gasteiger partial charge in [0.05, 0.1) is 11.0 Å². The zero-order valence-electron chi connectivity index (χ0n) is 12.2. The van der Waals surface area contributed by atoms with Gasteiger partial charge in [0, 0.05) is 10.6 Å². The molecule has 0 radical (unpaired) electrons. The Labute approximate surface area is 138 Å². The molecule has 0 bridgehead atoms. The van der Waals surface area contributed by atoms with Crippen LogP contribution in [0.15, 0.2) is 72.8 Å². The normalized spacial score (nSPS) is 10.8. The Balaban J connectivity index is 1.61. The Kier molecular flexibility index (Phi) is 3.48. The van der Waals surface area contributed by atoms with Crippen molar-refractivity contribution >= 4 is 22.6 Å². The van der Waals surface area contributed by atoms with Gasteiger partial charge in [-0.25, -0.2) is 4.98 Å². The summed E-state index contributed by atoms with van der Waals surface area (Å²) in [5.41, 5.74) is 2.82. The third-order valence-corrected chi connectivity index (χ3v) is 3.79. The lowest BCUT2D eigenvalue weighted by Crippen LogP contribution is -1.84. The van der Waals surface area contributed by atoms with Crippen LogP contribution in [0.4, 0.5) is 0 Å². The second-order valence-electron chi connectivity index (χ2n) is 5.19. The van der Waals surface area contributed by atoms with Crippen molar-refractivity contribution in [3.05, 3.63) is 77.8 Å². The predicted molar refractivity (Wildman–Crippen MR) is 93.1 cm³/mol. The number of nitrogens with one attached hydrogen (secondary N) is 1. The lowest BCUT2D eigenvalue weighted by atomic mass is 10.2. The summed E-state index contributed by atoms with van der Waals surface area (Å²) in [6.07, 6.45) is 0. The van der Waals surface area contributed by atoms with Crippen molar-refractivity contribution in [2.45, 2.75) is 0 Å². The van der Waals surface area contributed by atoms with E-state index in [0.29, 0.717) is 5.02 Å². The highest BCUT2D eigenvalue weighted by Gasteiger charge is 2.06. The quantitative estimate of drug-likeness (QED) is 0.527. The summed E-state index contributed by atoms with van der Waals surface area (Å²) in [6.45, 7) is 0. The number of imidazole rings is 1. The lowest BCUT2D eigenvalue weighted by Gasteiger charge is -2.05. The van der Waals surface area contributed by atoms with E-state index in [-0.39, 0.29) is 0 Å². The summed E-state index contributed by atoms with van der Waals surface area (Å²) < 4.78 is 5.80. The van der Waals surface area contributed by atoms with Crippen LogP contribution in [-0.4, -0.2) is 9.97 Å². The molecule has 4 aromatic rings. The number of nitrogens with zero attached hydrogens (tertiary/aromatic N) is 1. The summed E-state index contributed by atoms with van der Waals surface area (Å²) in [5.74, 6) is 2.42. The highest BCUT2D eigenvalue weighted by atomic mass is 35.5. The number of hydrogen-bond acceptors (Lipinski definition) is 2. The van der Waals surface area contributed by atoms with Gasteiger partial charge in [0.25, 0.3) is 0 Å². The molecule has 0 aliphatic rings. The molecule has 1 aromatic heterocycles. The number of ether oxygens (including phenoxy) is 1. The number of aromatic nitrogens is 2. The van der Waals surface area contributed by atoms with Crippen LogP contribution in [0, 0.1) is 0 Å². The van der Waals surface area contributed by atoms with Gasteiger partial charge in [-0.3, -0.25) is 0 Å². The van der Waals surface area contributed by atoms with Crippen LogP contribution in [0.1, 0.15) is 0 Å². The zero-order chi connectivity index (χ0) is 15.6. The monoisotopic (exact) mass is 320 g/mol. The maximum atomic E-state index is 6.01. The molecular formula is C19H13ClN2O. The molecule has 3 nitrogen and oxygen atoms in total. The number of para-hydroxylation sites is 1. The standard InChI is InChI=1S/C19H13ClN2O/c20-14-8-11-17-18(12-14)22-19(21-17)13-6-9-16(10-7-13)23-15-4-2-1-3-5-15/h1-12H,(H,21,22). The van der Waals surface area contributed by atoms with E-state index < -0.39 is 0 Å². The topological polar surface area (TPSA) is 37.9 Å². The maximum Gasteiger partial charge on any atom is 0.138 e. The number of benzene rings is 3. The highest BCUT2D eigenvalue weighted by Crippen LogP contribution is 2.26. The van der Waals surface area contributed by atoms with Gasteiger partial charge in [-0.15, -0.1) is 0 Å². The Morgan fingerprint density at radius 1 is 0.826 bits per heavy atom. The Bertz CT molecular complexity index is 946. The van der Waals surface area contributed by atoms with Crippen LogP contribution in [0.3, 0.4) is 0 Å². The van der Waals surface area contributed by atoms with Crippen LogP contribution in [0.2, 0.25) is 5.02 Å². The molecule has 0 spiro atoms. The molecule has 0 unspecified atom stereocenters. The molecule has 4 heteroatoms. The van der Waals surface area contributed by atoms with Crippen molar-refractivity contribution in [2.75, 3.05) is 0 Å². The fourth-order valence-corrected chi connectivity index (χ4v) is 2.60. The molecule has 0 atom stereocenters. The van der Waals surface area contributed by atoms with Gasteiger partial charge in [-0.1, -0.05) is 29.8 Å². The predicted octanol–water partition coefficient (Wildman–Crippen LogP) is 5.68. The van der Waals surface area contributed by atoms with Gasteiger partial charge in [0.1, 0.15) is 17.3 Å². The minimum absolute atomic E-state index is 0.694. The first-order valence-corrected chi connectivity index (χ1v) is 7.64. The summed E-state index contributed by atoms with van der Waals surface area (Å²) in [4.78, 5) is 7.87. The van der Waals surface area contributed by atoms with Gasteiger partial charge in [0.15, 0.2) is 0 Å². The molecule has 1 heterocycles. The molecular weight excluding hydrogens is 308 g/mol. The molecule has 112 valence electrons. The average molecular weight is 321 g/mol. The van der Waals surface area contributed by atoms with Crippen molar-refractivity contribution < 1.29 is 4.74 Å². The minimum Gasteiger partial charge on any atom is -0.457 e. The molecule has 4 rings (SSSR count). The van der Waals surface area contributed by atoms with Gasteiger partial charge < -0.3 is 9.72 Å². The van der Waals surface area contributed by atoms with Crippen LogP contribution in [0.25, 0.3) is 22.4 Å². The minimum atomic E-state index is 0.694. The summed E-state index contributed by atoms with van der Waals surface area (Å²) in [5, 5.41) is 0.694. The van der Waals surface area contributed by atoms with E-state index in [1.165, 1.54) is 0 Å². The lowest BCUT2D eigenvalue weighted by molar-refractivity contribution is 0.483. The van der Waals surface area contributed by atoms with Crippen LogP contribution in [0.5, 0.6) is 11.5 Å². The first-order chi connectivity index (χ1) is 11.3. The fraction of sp³-hybridized carbons (Fsp3) is 0. The number of halogens is 1. The van der Waals surface area contributed by atoms with Gasteiger partial charge in [-0.2, -0.15) is 0 Å². The second-order valence-corrected chi connectivity index (χ2v) is 5.62. The van der Waals surface area contributed by atoms with E-state index in [4.69, 9.17) is 16.3 Å². The molecule has 3 aromatic carbocycles. The van der Waals surface area contributed by atoms with Gasteiger partial charge in [0.2, 0.25) is 0 Å². The second kappa shape index (κ2) is 5.78. The third-order valence-electron chi connectivity index (χ3n) is 3.55. The third kappa shape index (κ3) is 2.91. The number of hydrogen-bond donors (Lipinski definition) is 1. The van der Waals surface area contributed by atoms with E-state index in [1.807, 2.05) is 72.8 Å². The van der Waals surface area contributed by atoms with E-state index in [1.54, 1.807) is 0 Å². The van der Waals surface area contributed by atoms with E-state index in [2.05, 4.69) is 9.97 Å². The molecule has 0 fully saturated rings. The molecule has 0 aliphatic heterocycles. The number of aromatic amines is 1. The largest absolute Gasteiger partial charge is 0.457 e. The number of H-pyrrole nitrogens is 1. The van der Waals surface area contributed by atoms with Crippen LogP contribution < -0.4 is 4.74 Å². The Hall–Kier alpha value is -2.78. The highest BCUT2D eigenvalue weighted by molar-refractivity contribution is 6.31. The molecule has 1 N–H and O–H groups in total. The van der Waals surface area contributed by atoms with Crippen LogP contribution in [-0.2, 0) is 0 Å². The first-order valence-electron chi connectivity index (χ1n) is 7.26. The van der Waals surface area contributed by atoms with Crippen molar-refractivity contribution in [2.24, 2.45) is 0 Å². The number of fused-ring (bicyclic) bond motifs is 1. The first kappa shape index (κ1) is 13.9. The van der Waals surface area contributed by atoms with Crippen molar-refractivity contribution in [1.29, 1.82) is 0 Å². The van der Waals surface area contributed by atoms with Crippen LogP contribution >= 0.6 is 11.6 Å². The van der Waals surface area contributed by atoms with E-state index >= 15 is 0 Å². The zero-order valence-corrected chi connectivity index (χ0v) is 12.9. The summed E-state index contributed by atoms with van der Waals surface area (Å²) in [6, 6.07) is 23.2. The van der Waals surface area contributed by atoms with Gasteiger partial charge >= 0.3 is 0 Å². The van der Waals surface area contributed by atoms with E-state index in [0.717, 1.165) is 33.9 Å². The smallest absolute Gasteiger partial charge is 0.138 e. The molecule has 0 saturated carbocycles. The van der Waals surface area contributed by atoms with Crippen molar-refractivity contribution in [1.82, 2.24) is 9.97 Å². The SMILES string of the molecule is Clc1ccc2nc(-c3ccc(Oc4ccccc4)cc3)[nH]c2c1. The number of rotatable bonds is 3. The Morgan fingerprint density at radius 3 is 2.35 bits per heavy atom. The van der Waals surface area contributed by atoms with Gasteiger partial charge in [-0.05, 0) is 54.6 Å². The summed E-state index contributed by atoms with van der Waals surface area (Å²) >= 11 is 6.01. The molecule has 0 saturated heterocycles.